The Kier molecular flexibility index (Phi) is 6.44. The summed E-state index contributed by atoms with van der Waals surface area (Å²) in [6.07, 6.45) is 1.85. The molecule has 4 nitrogen and oxygen atoms in total. The number of ether oxygens (including phenoxy) is 1. The van der Waals surface area contributed by atoms with Crippen LogP contribution in [0.2, 0.25) is 0 Å². The molecule has 0 bridgehead atoms. The minimum atomic E-state index is -0.144. The molecule has 1 N–H and O–H groups in total. The molecule has 0 aromatic heterocycles. The average Bonchev–Trinajstić information content (AvgIpc) is 2.94. The molecule has 1 saturated heterocycles. The van der Waals surface area contributed by atoms with Crippen LogP contribution in [-0.4, -0.2) is 17.7 Å². The predicted octanol–water partition coefficient (Wildman–Crippen LogP) is 6.12. The van der Waals surface area contributed by atoms with E-state index in [0.29, 0.717) is 16.7 Å². The zero-order valence-electron chi connectivity index (χ0n) is 15.1. The molecule has 140 valence electrons. The predicted molar refractivity (Wildman–Crippen MR) is 120 cm³/mol. The Morgan fingerprint density at radius 3 is 2.52 bits per heavy atom. The Balaban J connectivity index is 1.83. The molecule has 1 aliphatic heterocycles. The van der Waals surface area contributed by atoms with Gasteiger partial charge in [-0.15, -0.1) is 0 Å². The number of thioether (sulfide) groups is 1. The van der Waals surface area contributed by atoms with Gasteiger partial charge in [-0.2, -0.15) is 0 Å². The number of benzene rings is 2. The van der Waals surface area contributed by atoms with Gasteiger partial charge in [0.05, 0.1) is 21.7 Å². The molecule has 27 heavy (non-hydrogen) atoms. The number of rotatable bonds is 4. The molecule has 1 aliphatic rings. The molecule has 0 saturated carbocycles. The van der Waals surface area contributed by atoms with Crippen LogP contribution < -0.4 is 10.1 Å². The molecule has 2 aromatic rings. The van der Waals surface area contributed by atoms with Crippen molar-refractivity contribution in [1.29, 1.82) is 0 Å². The molecule has 0 atom stereocenters. The van der Waals surface area contributed by atoms with Crippen molar-refractivity contribution in [2.75, 3.05) is 6.61 Å². The van der Waals surface area contributed by atoms with E-state index in [9.17, 15) is 4.79 Å². The molecule has 0 spiro atoms. The van der Waals surface area contributed by atoms with Gasteiger partial charge in [0.15, 0.2) is 5.17 Å². The fraction of sp³-hybridized carbons (Fsp3) is 0.200. The van der Waals surface area contributed by atoms with Crippen LogP contribution >= 0.6 is 43.6 Å². The summed E-state index contributed by atoms with van der Waals surface area (Å²) in [5.41, 5.74) is 3.96. The number of hydrogen-bond acceptors (Lipinski definition) is 4. The van der Waals surface area contributed by atoms with E-state index in [1.807, 2.05) is 57.2 Å². The molecule has 0 unspecified atom stereocenters. The van der Waals surface area contributed by atoms with E-state index in [-0.39, 0.29) is 5.91 Å². The van der Waals surface area contributed by atoms with Gasteiger partial charge in [-0.05, 0) is 95.5 Å². The number of nitrogens with one attached hydrogen (secondary N) is 1. The van der Waals surface area contributed by atoms with Crippen molar-refractivity contribution in [2.24, 2.45) is 4.99 Å². The molecular weight excluding hydrogens is 492 g/mol. The summed E-state index contributed by atoms with van der Waals surface area (Å²) < 4.78 is 7.46. The third-order valence-electron chi connectivity index (χ3n) is 3.86. The second-order valence-corrected chi connectivity index (χ2v) is 8.68. The number of halogens is 2. The number of carbonyl (C=O) groups excluding carboxylic acids is 1. The van der Waals surface area contributed by atoms with Crippen molar-refractivity contribution in [3.05, 3.63) is 60.9 Å². The van der Waals surface area contributed by atoms with Gasteiger partial charge in [0.25, 0.3) is 5.91 Å². The zero-order valence-corrected chi connectivity index (χ0v) is 19.1. The maximum atomic E-state index is 12.3. The van der Waals surface area contributed by atoms with Crippen molar-refractivity contribution < 1.29 is 9.53 Å². The van der Waals surface area contributed by atoms with Crippen LogP contribution in [0, 0.1) is 13.8 Å². The Morgan fingerprint density at radius 1 is 1.19 bits per heavy atom. The van der Waals surface area contributed by atoms with Gasteiger partial charge in [0, 0.05) is 4.47 Å². The van der Waals surface area contributed by atoms with Gasteiger partial charge >= 0.3 is 0 Å². The van der Waals surface area contributed by atoms with Crippen LogP contribution in [0.3, 0.4) is 0 Å². The minimum Gasteiger partial charge on any atom is -0.493 e. The van der Waals surface area contributed by atoms with Crippen LogP contribution in [0.1, 0.15) is 23.6 Å². The number of amides is 1. The van der Waals surface area contributed by atoms with Crippen molar-refractivity contribution in [3.8, 4) is 5.75 Å². The number of aliphatic imine (C=N–C) groups is 1. The second-order valence-electron chi connectivity index (χ2n) is 6.00. The Morgan fingerprint density at radius 2 is 1.89 bits per heavy atom. The number of amidine groups is 1. The first kappa shape index (κ1) is 20.2. The highest BCUT2D eigenvalue weighted by atomic mass is 79.9. The molecule has 1 amide bonds. The lowest BCUT2D eigenvalue weighted by molar-refractivity contribution is -0.115. The molecular formula is C20H18Br2N2O2S. The molecule has 3 rings (SSSR count). The molecule has 0 radical (unpaired) electrons. The van der Waals surface area contributed by atoms with E-state index in [1.165, 1.54) is 11.8 Å². The van der Waals surface area contributed by atoms with Crippen molar-refractivity contribution in [3.63, 3.8) is 0 Å². The molecule has 1 heterocycles. The summed E-state index contributed by atoms with van der Waals surface area (Å²) in [5, 5.41) is 3.41. The number of aryl methyl sites for hydroxylation is 2. The van der Waals surface area contributed by atoms with Crippen LogP contribution in [0.5, 0.6) is 5.75 Å². The fourth-order valence-electron chi connectivity index (χ4n) is 2.62. The van der Waals surface area contributed by atoms with Gasteiger partial charge in [0.2, 0.25) is 0 Å². The van der Waals surface area contributed by atoms with Gasteiger partial charge in [0.1, 0.15) is 5.75 Å². The first-order chi connectivity index (χ1) is 12.9. The largest absolute Gasteiger partial charge is 0.493 e. The molecule has 1 fully saturated rings. The van der Waals surface area contributed by atoms with Crippen LogP contribution in [-0.2, 0) is 4.79 Å². The van der Waals surface area contributed by atoms with Crippen LogP contribution in [0.4, 0.5) is 5.69 Å². The molecule has 2 aromatic carbocycles. The lowest BCUT2D eigenvalue weighted by atomic mass is 10.1. The fourth-order valence-corrected chi connectivity index (χ4v) is 4.20. The van der Waals surface area contributed by atoms with Crippen molar-refractivity contribution in [1.82, 2.24) is 5.32 Å². The first-order valence-electron chi connectivity index (χ1n) is 8.36. The standard InChI is InChI=1S/C20H18Br2N2O2S/c1-4-26-16-6-5-13(9-15(16)21)10-17-19(25)24-20(27-17)23-14-7-11(2)18(22)12(3)8-14/h5-10H,4H2,1-3H3,(H,23,24,25)/b17-10-. The maximum absolute atomic E-state index is 12.3. The lowest BCUT2D eigenvalue weighted by Crippen LogP contribution is -2.19. The monoisotopic (exact) mass is 508 g/mol. The van der Waals surface area contributed by atoms with Gasteiger partial charge < -0.3 is 10.1 Å². The Labute approximate surface area is 179 Å². The van der Waals surface area contributed by atoms with Gasteiger partial charge in [-0.3, -0.25) is 4.79 Å². The highest BCUT2D eigenvalue weighted by Crippen LogP contribution is 2.32. The normalized spacial score (nSPS) is 16.9. The maximum Gasteiger partial charge on any atom is 0.264 e. The summed E-state index contributed by atoms with van der Waals surface area (Å²) in [7, 11) is 0. The summed E-state index contributed by atoms with van der Waals surface area (Å²) in [5.74, 6) is 0.640. The molecule has 7 heteroatoms. The number of hydrogen-bond donors (Lipinski definition) is 1. The van der Waals surface area contributed by atoms with Gasteiger partial charge in [-0.1, -0.05) is 22.0 Å². The summed E-state index contributed by atoms with van der Waals surface area (Å²) >= 11 is 8.39. The van der Waals surface area contributed by atoms with Crippen molar-refractivity contribution in [2.45, 2.75) is 20.8 Å². The highest BCUT2D eigenvalue weighted by molar-refractivity contribution is 9.10. The highest BCUT2D eigenvalue weighted by Gasteiger charge is 2.24. The smallest absolute Gasteiger partial charge is 0.264 e. The van der Waals surface area contributed by atoms with Gasteiger partial charge in [-0.25, -0.2) is 4.99 Å². The van der Waals surface area contributed by atoms with E-state index in [2.05, 4.69) is 42.2 Å². The molecule has 0 aliphatic carbocycles. The van der Waals surface area contributed by atoms with Crippen LogP contribution in [0.25, 0.3) is 6.08 Å². The number of nitrogens with zero attached hydrogens (tertiary/aromatic N) is 1. The third-order valence-corrected chi connectivity index (χ3v) is 6.64. The van der Waals surface area contributed by atoms with E-state index in [4.69, 9.17) is 4.74 Å². The minimum absolute atomic E-state index is 0.144. The average molecular weight is 510 g/mol. The summed E-state index contributed by atoms with van der Waals surface area (Å²) in [6.45, 7) is 6.59. The van der Waals surface area contributed by atoms with Crippen molar-refractivity contribution >= 4 is 66.5 Å². The Hall–Kier alpha value is -1.57. The van der Waals surface area contributed by atoms with E-state index >= 15 is 0 Å². The topological polar surface area (TPSA) is 50.7 Å². The number of carbonyl (C=O) groups is 1. The second kappa shape index (κ2) is 8.63. The lowest BCUT2D eigenvalue weighted by Gasteiger charge is -2.06. The Bertz CT molecular complexity index is 947. The zero-order chi connectivity index (χ0) is 19.6. The summed E-state index contributed by atoms with van der Waals surface area (Å²) in [6, 6.07) is 9.72. The van der Waals surface area contributed by atoms with Crippen LogP contribution in [0.15, 0.2) is 49.2 Å². The quantitative estimate of drug-likeness (QED) is 0.505. The summed E-state index contributed by atoms with van der Waals surface area (Å²) in [4.78, 5) is 17.5. The van der Waals surface area contributed by atoms with E-state index in [1.54, 1.807) is 0 Å². The first-order valence-corrected chi connectivity index (χ1v) is 10.8. The van der Waals surface area contributed by atoms with E-state index < -0.39 is 0 Å². The SMILES string of the molecule is CCOc1ccc(/C=C2\SC(=Nc3cc(C)c(Br)c(C)c3)NC2=O)cc1Br. The third kappa shape index (κ3) is 4.83. The van der Waals surface area contributed by atoms with E-state index in [0.717, 1.165) is 37.1 Å².